The van der Waals surface area contributed by atoms with Crippen LogP contribution in [0.1, 0.15) is 71.5 Å². The fraction of sp³-hybridized carbons (Fsp3) is 0.435. The summed E-state index contributed by atoms with van der Waals surface area (Å²) in [5, 5.41) is 1.20. The Labute approximate surface area is 174 Å². The van der Waals surface area contributed by atoms with Crippen molar-refractivity contribution >= 4 is 19.4 Å². The Kier molecular flexibility index (Phi) is 7.52. The molecule has 0 fully saturated rings. The molecule has 2 aromatic rings. The van der Waals surface area contributed by atoms with Crippen LogP contribution in [0.5, 0.6) is 0 Å². The van der Waals surface area contributed by atoms with Gasteiger partial charge in [-0.15, -0.1) is 0 Å². The van der Waals surface area contributed by atoms with Gasteiger partial charge in [0.1, 0.15) is 0 Å². The van der Waals surface area contributed by atoms with Gasteiger partial charge in [0.05, 0.1) is 0 Å². The zero-order valence-corrected chi connectivity index (χ0v) is 19.1. The molecular formula is C23H32LiOP. The summed E-state index contributed by atoms with van der Waals surface area (Å²) in [6.07, 6.45) is 0. The Morgan fingerprint density at radius 2 is 1.31 bits per heavy atom. The monoisotopic (exact) mass is 362 g/mol. The molecule has 0 aliphatic heterocycles. The summed E-state index contributed by atoms with van der Waals surface area (Å²) in [5.74, 6) is 0. The van der Waals surface area contributed by atoms with Gasteiger partial charge in [0, 0.05) is 5.56 Å². The average Bonchev–Trinajstić information content (AvgIpc) is 2.47. The van der Waals surface area contributed by atoms with E-state index in [1.165, 1.54) is 33.1 Å². The summed E-state index contributed by atoms with van der Waals surface area (Å²) in [7, 11) is 0.180. The first-order valence-corrected chi connectivity index (χ1v) is 9.94. The van der Waals surface area contributed by atoms with Gasteiger partial charge in [-0.3, -0.25) is 4.79 Å². The second-order valence-electron chi connectivity index (χ2n) is 8.32. The number of carbonyl (C=O) groups excluding carboxylic acids is 1. The van der Waals surface area contributed by atoms with Crippen LogP contribution in [0.2, 0.25) is 0 Å². The quantitative estimate of drug-likeness (QED) is 0.606. The summed E-state index contributed by atoms with van der Waals surface area (Å²) >= 11 is 0. The zero-order chi connectivity index (χ0) is 19.1. The molecule has 1 nitrogen and oxygen atoms in total. The van der Waals surface area contributed by atoms with Crippen molar-refractivity contribution in [1.82, 2.24) is 0 Å². The molecule has 0 amide bonds. The van der Waals surface area contributed by atoms with E-state index in [2.05, 4.69) is 80.5 Å². The number of benzene rings is 2. The van der Waals surface area contributed by atoms with Gasteiger partial charge in [0.15, 0.2) is 5.52 Å². The van der Waals surface area contributed by atoms with Crippen molar-refractivity contribution in [3.05, 3.63) is 62.7 Å². The van der Waals surface area contributed by atoms with Gasteiger partial charge in [0.2, 0.25) is 0 Å². The second kappa shape index (κ2) is 8.44. The third-order valence-corrected chi connectivity index (χ3v) is 6.74. The number of hydrogen-bond donors (Lipinski definition) is 0. The van der Waals surface area contributed by atoms with E-state index in [-0.39, 0.29) is 39.8 Å². The van der Waals surface area contributed by atoms with Gasteiger partial charge in [-0.25, -0.2) is 0 Å². The molecule has 2 rings (SSSR count). The maximum absolute atomic E-state index is 13.1. The van der Waals surface area contributed by atoms with E-state index >= 15 is 0 Å². The summed E-state index contributed by atoms with van der Waals surface area (Å²) in [5.41, 5.74) is 9.83. The smallest absolute Gasteiger partial charge is 1.00 e. The van der Waals surface area contributed by atoms with Crippen LogP contribution in [0.4, 0.5) is 0 Å². The Morgan fingerprint density at radius 1 is 0.808 bits per heavy atom. The van der Waals surface area contributed by atoms with Gasteiger partial charge in [0.25, 0.3) is 0 Å². The predicted molar refractivity (Wildman–Crippen MR) is 113 cm³/mol. The van der Waals surface area contributed by atoms with Gasteiger partial charge in [-0.1, -0.05) is 39.0 Å². The van der Waals surface area contributed by atoms with Crippen molar-refractivity contribution in [1.29, 1.82) is 0 Å². The molecule has 2 aromatic carbocycles. The largest absolute Gasteiger partial charge is 1.00 e. The van der Waals surface area contributed by atoms with Crippen molar-refractivity contribution in [2.24, 2.45) is 0 Å². The number of aryl methyl sites for hydroxylation is 4. The molecule has 0 spiro atoms. The Balaban J connectivity index is 0.00000338. The molecule has 0 saturated carbocycles. The van der Waals surface area contributed by atoms with Crippen LogP contribution in [-0.2, 0) is 5.41 Å². The maximum atomic E-state index is 13.1. The van der Waals surface area contributed by atoms with Crippen molar-refractivity contribution in [3.8, 4) is 0 Å². The molecule has 0 heterocycles. The van der Waals surface area contributed by atoms with Crippen LogP contribution < -0.4 is 24.2 Å². The summed E-state index contributed by atoms with van der Waals surface area (Å²) in [6, 6.07) is 6.65. The predicted octanol–water partition coefficient (Wildman–Crippen LogP) is 3.10. The number of carbonyl (C=O) groups is 1. The minimum absolute atomic E-state index is 0. The SMILES string of the molecule is Cc1cc(C)c(C(=O)Pc2c(C)cc(C(C)(C)C)cc2C)c(C)c1C.[H-].[Li+]. The first-order valence-electron chi connectivity index (χ1n) is 8.94. The standard InChI is InChI=1S/C23H31OP.Li.H/c1-13-10-14(2)20(18(6)17(13)5)22(24)25-21-15(3)11-19(12-16(21)4)23(7,8)9;;/h10-12,25H,1-9H3;;/q;+1;-1. The molecule has 3 heteroatoms. The summed E-state index contributed by atoms with van der Waals surface area (Å²) in [4.78, 5) is 13.1. The summed E-state index contributed by atoms with van der Waals surface area (Å²) < 4.78 is 0. The topological polar surface area (TPSA) is 17.1 Å². The van der Waals surface area contributed by atoms with E-state index < -0.39 is 0 Å². The molecule has 0 saturated heterocycles. The molecule has 136 valence electrons. The molecule has 1 unspecified atom stereocenters. The fourth-order valence-electron chi connectivity index (χ4n) is 3.40. The summed E-state index contributed by atoms with van der Waals surface area (Å²) in [6.45, 7) is 19.3. The first-order chi connectivity index (χ1) is 11.4. The van der Waals surface area contributed by atoms with E-state index in [4.69, 9.17) is 0 Å². The van der Waals surface area contributed by atoms with Crippen LogP contribution in [0.25, 0.3) is 0 Å². The third kappa shape index (κ3) is 4.70. The van der Waals surface area contributed by atoms with Gasteiger partial charge < -0.3 is 1.43 Å². The number of hydrogen-bond acceptors (Lipinski definition) is 1. The molecule has 0 N–H and O–H groups in total. The molecule has 0 radical (unpaired) electrons. The van der Waals surface area contributed by atoms with E-state index in [9.17, 15) is 4.79 Å². The van der Waals surface area contributed by atoms with Crippen LogP contribution in [0.3, 0.4) is 0 Å². The fourth-order valence-corrected chi connectivity index (χ4v) is 4.68. The van der Waals surface area contributed by atoms with Crippen molar-refractivity contribution in [3.63, 3.8) is 0 Å². The van der Waals surface area contributed by atoms with Crippen molar-refractivity contribution in [2.75, 3.05) is 0 Å². The molecule has 0 aromatic heterocycles. The van der Waals surface area contributed by atoms with Crippen LogP contribution in [0.15, 0.2) is 18.2 Å². The molecular weight excluding hydrogens is 330 g/mol. The van der Waals surface area contributed by atoms with Crippen LogP contribution >= 0.6 is 8.58 Å². The van der Waals surface area contributed by atoms with E-state index in [0.717, 1.165) is 16.7 Å². The van der Waals surface area contributed by atoms with E-state index in [0.29, 0.717) is 0 Å². The second-order valence-corrected chi connectivity index (χ2v) is 9.53. The van der Waals surface area contributed by atoms with Crippen LogP contribution in [-0.4, -0.2) is 5.52 Å². The van der Waals surface area contributed by atoms with Gasteiger partial charge >= 0.3 is 18.9 Å². The number of rotatable bonds is 3. The molecule has 0 aliphatic carbocycles. The van der Waals surface area contributed by atoms with Crippen molar-refractivity contribution < 1.29 is 25.1 Å². The van der Waals surface area contributed by atoms with Gasteiger partial charge in [-0.05, 0) is 99.8 Å². The molecule has 26 heavy (non-hydrogen) atoms. The van der Waals surface area contributed by atoms with Crippen LogP contribution in [0, 0.1) is 41.5 Å². The van der Waals surface area contributed by atoms with E-state index in [1.54, 1.807) is 0 Å². The average molecular weight is 362 g/mol. The Bertz CT molecular complexity index is 827. The normalized spacial score (nSPS) is 11.7. The molecule has 0 bridgehead atoms. The minimum atomic E-state index is 0. The van der Waals surface area contributed by atoms with E-state index in [1.807, 2.05) is 0 Å². The Morgan fingerprint density at radius 3 is 1.77 bits per heavy atom. The minimum Gasteiger partial charge on any atom is -1.00 e. The zero-order valence-electron chi connectivity index (χ0n) is 19.1. The van der Waals surface area contributed by atoms with Crippen molar-refractivity contribution in [2.45, 2.75) is 67.7 Å². The third-order valence-electron chi connectivity index (χ3n) is 5.22. The maximum Gasteiger partial charge on any atom is 1.00 e. The van der Waals surface area contributed by atoms with Gasteiger partial charge in [-0.2, -0.15) is 0 Å². The first kappa shape index (κ1) is 23.2. The molecule has 1 atom stereocenters. The Hall–Kier alpha value is -0.863. The molecule has 0 aliphatic rings.